The molecule has 1 aromatic carbocycles. The minimum atomic E-state index is -0.384. The van der Waals surface area contributed by atoms with Crippen LogP contribution in [0.1, 0.15) is 0 Å². The summed E-state index contributed by atoms with van der Waals surface area (Å²) in [6.45, 7) is 0.116. The molecular weight excluding hydrogens is 276 g/mol. The van der Waals surface area contributed by atoms with Gasteiger partial charge in [0.1, 0.15) is 5.75 Å². The molecule has 0 unspecified atom stereocenters. The Morgan fingerprint density at radius 2 is 2.31 bits per heavy atom. The number of hydrogen-bond donors (Lipinski definition) is 3. The van der Waals surface area contributed by atoms with Crippen LogP contribution in [0.5, 0.6) is 5.75 Å². The van der Waals surface area contributed by atoms with Crippen molar-refractivity contribution in [1.82, 2.24) is 5.32 Å². The Balaban J connectivity index is 2.71. The molecule has 16 heavy (non-hydrogen) atoms. The number of amides is 2. The molecule has 0 bridgehead atoms. The fourth-order valence-corrected chi connectivity index (χ4v) is 1.47. The summed E-state index contributed by atoms with van der Waals surface area (Å²) in [7, 11) is 1.53. The van der Waals surface area contributed by atoms with Crippen LogP contribution in [0.3, 0.4) is 0 Å². The number of carbonyl (C=O) groups is 1. The molecule has 1 aromatic rings. The highest BCUT2D eigenvalue weighted by atomic mass is 79.9. The minimum Gasteiger partial charge on any atom is -0.495 e. The molecule has 2 amide bonds. The third-order valence-electron chi connectivity index (χ3n) is 1.81. The van der Waals surface area contributed by atoms with Crippen molar-refractivity contribution in [3.05, 3.63) is 22.7 Å². The first-order chi connectivity index (χ1) is 7.67. The number of benzene rings is 1. The lowest BCUT2D eigenvalue weighted by atomic mass is 10.3. The van der Waals surface area contributed by atoms with Crippen LogP contribution in [0.25, 0.3) is 0 Å². The molecule has 6 heteroatoms. The summed E-state index contributed by atoms with van der Waals surface area (Å²) in [5.74, 6) is 0.572. The van der Waals surface area contributed by atoms with Gasteiger partial charge in [0.15, 0.2) is 0 Å². The molecular formula is C10H13BrN2O3. The Hall–Kier alpha value is -1.27. The number of ether oxygens (including phenoxy) is 1. The van der Waals surface area contributed by atoms with E-state index in [2.05, 4.69) is 26.6 Å². The number of hydrogen-bond acceptors (Lipinski definition) is 3. The third kappa shape index (κ3) is 3.71. The number of aliphatic hydroxyl groups is 1. The van der Waals surface area contributed by atoms with E-state index in [0.29, 0.717) is 11.4 Å². The van der Waals surface area contributed by atoms with E-state index in [-0.39, 0.29) is 19.2 Å². The fraction of sp³-hybridized carbons (Fsp3) is 0.300. The van der Waals surface area contributed by atoms with Crippen molar-refractivity contribution in [2.24, 2.45) is 0 Å². The van der Waals surface area contributed by atoms with E-state index >= 15 is 0 Å². The zero-order valence-corrected chi connectivity index (χ0v) is 10.4. The van der Waals surface area contributed by atoms with Crippen LogP contribution >= 0.6 is 15.9 Å². The Labute approximate surface area is 102 Å². The molecule has 0 radical (unpaired) electrons. The predicted octanol–water partition coefficient (Wildman–Crippen LogP) is 1.57. The number of urea groups is 1. The number of nitrogens with one attached hydrogen (secondary N) is 2. The Morgan fingerprint density at radius 3 is 2.94 bits per heavy atom. The number of methoxy groups -OCH3 is 1. The first kappa shape index (κ1) is 12.8. The summed E-state index contributed by atoms with van der Waals surface area (Å²) < 4.78 is 5.93. The lowest BCUT2D eigenvalue weighted by Gasteiger charge is -2.10. The molecule has 0 heterocycles. The van der Waals surface area contributed by atoms with Gasteiger partial charge < -0.3 is 20.5 Å². The zero-order chi connectivity index (χ0) is 12.0. The molecule has 0 aliphatic heterocycles. The summed E-state index contributed by atoms with van der Waals surface area (Å²) in [5.41, 5.74) is 0.562. The van der Waals surface area contributed by atoms with Gasteiger partial charge in [0.2, 0.25) is 0 Å². The van der Waals surface area contributed by atoms with Crippen molar-refractivity contribution in [3.8, 4) is 5.75 Å². The summed E-state index contributed by atoms with van der Waals surface area (Å²) >= 11 is 3.30. The maximum atomic E-state index is 11.3. The maximum absolute atomic E-state index is 11.3. The van der Waals surface area contributed by atoms with Crippen LogP contribution in [0.15, 0.2) is 22.7 Å². The Kier molecular flexibility index (Phi) is 5.07. The van der Waals surface area contributed by atoms with E-state index in [1.807, 2.05) is 6.07 Å². The molecule has 0 spiro atoms. The van der Waals surface area contributed by atoms with Gasteiger partial charge in [-0.15, -0.1) is 0 Å². The van der Waals surface area contributed by atoms with Gasteiger partial charge in [0.25, 0.3) is 0 Å². The molecule has 0 aliphatic carbocycles. The van der Waals surface area contributed by atoms with E-state index in [1.165, 1.54) is 7.11 Å². The Morgan fingerprint density at radius 1 is 1.56 bits per heavy atom. The molecule has 0 fully saturated rings. The van der Waals surface area contributed by atoms with Gasteiger partial charge in [-0.2, -0.15) is 0 Å². The van der Waals surface area contributed by atoms with Crippen LogP contribution in [0.4, 0.5) is 10.5 Å². The van der Waals surface area contributed by atoms with Crippen molar-refractivity contribution >= 4 is 27.6 Å². The summed E-state index contributed by atoms with van der Waals surface area (Å²) in [6, 6.07) is 4.91. The number of rotatable bonds is 4. The van der Waals surface area contributed by atoms with Crippen molar-refractivity contribution in [2.75, 3.05) is 25.6 Å². The molecule has 0 saturated carbocycles. The second-order valence-electron chi connectivity index (χ2n) is 2.95. The normalized spacial score (nSPS) is 9.69. The fourth-order valence-electron chi connectivity index (χ4n) is 1.11. The molecule has 0 aliphatic rings. The average molecular weight is 289 g/mol. The first-order valence-electron chi connectivity index (χ1n) is 4.66. The lowest BCUT2D eigenvalue weighted by Crippen LogP contribution is -2.31. The second kappa shape index (κ2) is 6.34. The molecule has 0 saturated heterocycles. The van der Waals surface area contributed by atoms with Crippen LogP contribution < -0.4 is 15.4 Å². The molecule has 0 atom stereocenters. The van der Waals surface area contributed by atoms with Gasteiger partial charge in [0.05, 0.1) is 19.4 Å². The van der Waals surface area contributed by atoms with Crippen LogP contribution in [0.2, 0.25) is 0 Å². The number of aliphatic hydroxyl groups excluding tert-OH is 1. The topological polar surface area (TPSA) is 70.6 Å². The molecule has 1 rings (SSSR count). The molecule has 5 nitrogen and oxygen atoms in total. The highest BCUT2D eigenvalue weighted by molar-refractivity contribution is 9.10. The Bertz CT molecular complexity index is 371. The van der Waals surface area contributed by atoms with E-state index in [4.69, 9.17) is 9.84 Å². The van der Waals surface area contributed by atoms with Gasteiger partial charge in [0, 0.05) is 11.0 Å². The van der Waals surface area contributed by atoms with Crippen molar-refractivity contribution in [1.29, 1.82) is 0 Å². The van der Waals surface area contributed by atoms with Gasteiger partial charge in [-0.05, 0) is 18.2 Å². The molecule has 3 N–H and O–H groups in total. The van der Waals surface area contributed by atoms with Crippen molar-refractivity contribution in [3.63, 3.8) is 0 Å². The predicted molar refractivity (Wildman–Crippen MR) is 64.8 cm³/mol. The highest BCUT2D eigenvalue weighted by Crippen LogP contribution is 2.27. The minimum absolute atomic E-state index is 0.0942. The SMILES string of the molecule is COc1ccc(Br)cc1NC(=O)NCCO. The standard InChI is InChI=1S/C10H13BrN2O3/c1-16-9-3-2-7(11)6-8(9)13-10(15)12-4-5-14/h2-3,6,14H,4-5H2,1H3,(H2,12,13,15). The van der Waals surface area contributed by atoms with Crippen molar-refractivity contribution < 1.29 is 14.6 Å². The van der Waals surface area contributed by atoms with Crippen LogP contribution in [-0.4, -0.2) is 31.4 Å². The molecule has 0 aromatic heterocycles. The van der Waals surface area contributed by atoms with Gasteiger partial charge >= 0.3 is 6.03 Å². The third-order valence-corrected chi connectivity index (χ3v) is 2.30. The second-order valence-corrected chi connectivity index (χ2v) is 3.86. The molecule has 88 valence electrons. The summed E-state index contributed by atoms with van der Waals surface area (Å²) in [6.07, 6.45) is 0. The quantitative estimate of drug-likeness (QED) is 0.788. The average Bonchev–Trinajstić information content (AvgIpc) is 2.27. The van der Waals surface area contributed by atoms with E-state index in [9.17, 15) is 4.79 Å². The van der Waals surface area contributed by atoms with E-state index in [0.717, 1.165) is 4.47 Å². The van der Waals surface area contributed by atoms with E-state index < -0.39 is 0 Å². The zero-order valence-electron chi connectivity index (χ0n) is 8.79. The number of halogens is 1. The summed E-state index contributed by atoms with van der Waals surface area (Å²) in [5, 5.41) is 13.7. The summed E-state index contributed by atoms with van der Waals surface area (Å²) in [4.78, 5) is 11.3. The first-order valence-corrected chi connectivity index (χ1v) is 5.46. The number of anilines is 1. The largest absolute Gasteiger partial charge is 0.495 e. The monoisotopic (exact) mass is 288 g/mol. The lowest BCUT2D eigenvalue weighted by molar-refractivity contribution is 0.244. The van der Waals surface area contributed by atoms with Gasteiger partial charge in [-0.3, -0.25) is 0 Å². The van der Waals surface area contributed by atoms with Gasteiger partial charge in [-0.25, -0.2) is 4.79 Å². The van der Waals surface area contributed by atoms with Gasteiger partial charge in [-0.1, -0.05) is 15.9 Å². The maximum Gasteiger partial charge on any atom is 0.319 e. The number of carbonyl (C=O) groups excluding carboxylic acids is 1. The smallest absolute Gasteiger partial charge is 0.319 e. The van der Waals surface area contributed by atoms with Crippen molar-refractivity contribution in [2.45, 2.75) is 0 Å². The van der Waals surface area contributed by atoms with E-state index in [1.54, 1.807) is 12.1 Å². The van der Waals surface area contributed by atoms with Crippen LogP contribution in [0, 0.1) is 0 Å². The highest BCUT2D eigenvalue weighted by Gasteiger charge is 2.07. The van der Waals surface area contributed by atoms with Crippen LogP contribution in [-0.2, 0) is 0 Å².